The molecule has 110 valence electrons. The zero-order valence-corrected chi connectivity index (χ0v) is 12.8. The monoisotopic (exact) mass is 310 g/mol. The first kappa shape index (κ1) is 14.4. The zero-order chi connectivity index (χ0) is 15.5. The number of aryl methyl sites for hydroxylation is 1. The molecule has 3 aromatic rings. The molecule has 1 heterocycles. The summed E-state index contributed by atoms with van der Waals surface area (Å²) in [7, 11) is 0. The average Bonchev–Trinajstić information content (AvgIpc) is 2.83. The van der Waals surface area contributed by atoms with Gasteiger partial charge in [-0.15, -0.1) is 0 Å². The van der Waals surface area contributed by atoms with E-state index in [2.05, 4.69) is 10.1 Å². The molecule has 0 saturated heterocycles. The molecule has 0 aliphatic carbocycles. The third kappa shape index (κ3) is 3.18. The number of rotatable bonds is 3. The first-order valence-corrected chi connectivity index (χ1v) is 7.21. The van der Waals surface area contributed by atoms with E-state index in [0.29, 0.717) is 5.95 Å². The van der Waals surface area contributed by atoms with Crippen LogP contribution in [0.15, 0.2) is 59.8 Å². The molecule has 0 saturated carbocycles. The van der Waals surface area contributed by atoms with E-state index in [4.69, 9.17) is 17.3 Å². The Morgan fingerprint density at radius 2 is 1.91 bits per heavy atom. The SMILES string of the molecule is Cc1cn(N=Cc2ccc(-c3cccc(Cl)c3)cc2)c(N)n1. The van der Waals surface area contributed by atoms with Crippen molar-refractivity contribution in [3.63, 3.8) is 0 Å². The molecule has 0 aliphatic rings. The molecule has 0 aliphatic heterocycles. The van der Waals surface area contributed by atoms with Crippen LogP contribution in [0.1, 0.15) is 11.3 Å². The summed E-state index contributed by atoms with van der Waals surface area (Å²) >= 11 is 6.02. The minimum atomic E-state index is 0.379. The summed E-state index contributed by atoms with van der Waals surface area (Å²) in [4.78, 5) is 4.10. The molecule has 0 radical (unpaired) electrons. The highest BCUT2D eigenvalue weighted by Gasteiger charge is 2.00. The third-order valence-corrected chi connectivity index (χ3v) is 3.47. The standard InChI is InChI=1S/C17H15ClN4/c1-12-11-22(17(19)21-12)20-10-13-5-7-14(8-6-13)15-3-2-4-16(18)9-15/h2-11H,1H3,(H2,19,21). The van der Waals surface area contributed by atoms with Gasteiger partial charge < -0.3 is 5.73 Å². The van der Waals surface area contributed by atoms with Crippen LogP contribution in [0, 0.1) is 6.92 Å². The molecule has 0 amide bonds. The largest absolute Gasteiger partial charge is 0.368 e. The van der Waals surface area contributed by atoms with Crippen molar-refractivity contribution < 1.29 is 0 Å². The van der Waals surface area contributed by atoms with Crippen LogP contribution in [0.2, 0.25) is 5.02 Å². The molecule has 0 spiro atoms. The molecule has 5 heteroatoms. The second-order valence-electron chi connectivity index (χ2n) is 4.96. The summed E-state index contributed by atoms with van der Waals surface area (Å²) in [5.41, 5.74) is 9.76. The number of aromatic nitrogens is 2. The van der Waals surface area contributed by atoms with E-state index in [0.717, 1.165) is 27.4 Å². The highest BCUT2D eigenvalue weighted by molar-refractivity contribution is 6.30. The first-order valence-electron chi connectivity index (χ1n) is 6.83. The topological polar surface area (TPSA) is 56.2 Å². The van der Waals surface area contributed by atoms with E-state index in [-0.39, 0.29) is 0 Å². The van der Waals surface area contributed by atoms with Crippen molar-refractivity contribution >= 4 is 23.8 Å². The van der Waals surface area contributed by atoms with Crippen LogP contribution < -0.4 is 5.73 Å². The lowest BCUT2D eigenvalue weighted by molar-refractivity contribution is 0.897. The van der Waals surface area contributed by atoms with E-state index >= 15 is 0 Å². The van der Waals surface area contributed by atoms with Crippen LogP contribution in [0.4, 0.5) is 5.95 Å². The Bertz CT molecular complexity index is 819. The molecule has 4 nitrogen and oxygen atoms in total. The predicted octanol–water partition coefficient (Wildman–Crippen LogP) is 3.98. The molecular weight excluding hydrogens is 296 g/mol. The highest BCUT2D eigenvalue weighted by Crippen LogP contribution is 2.22. The predicted molar refractivity (Wildman–Crippen MR) is 91.3 cm³/mol. The minimum Gasteiger partial charge on any atom is -0.368 e. The van der Waals surface area contributed by atoms with E-state index in [1.54, 1.807) is 17.1 Å². The second kappa shape index (κ2) is 6.03. The summed E-state index contributed by atoms with van der Waals surface area (Å²) < 4.78 is 1.56. The number of hydrogen-bond acceptors (Lipinski definition) is 3. The number of anilines is 1. The van der Waals surface area contributed by atoms with Gasteiger partial charge >= 0.3 is 0 Å². The Labute approximate surface area is 133 Å². The van der Waals surface area contributed by atoms with E-state index < -0.39 is 0 Å². The second-order valence-corrected chi connectivity index (χ2v) is 5.40. The quantitative estimate of drug-likeness (QED) is 0.744. The molecule has 0 atom stereocenters. The summed E-state index contributed by atoms with van der Waals surface area (Å²) in [5, 5.41) is 5.03. The van der Waals surface area contributed by atoms with Crippen molar-refractivity contribution in [3.05, 3.63) is 71.0 Å². The summed E-state index contributed by atoms with van der Waals surface area (Å²) in [6, 6.07) is 15.9. The molecule has 0 bridgehead atoms. The van der Waals surface area contributed by atoms with Crippen LogP contribution in [0.5, 0.6) is 0 Å². The van der Waals surface area contributed by atoms with Gasteiger partial charge in [0.1, 0.15) is 0 Å². The van der Waals surface area contributed by atoms with Crippen LogP contribution >= 0.6 is 11.6 Å². The number of nitrogens with two attached hydrogens (primary N) is 1. The van der Waals surface area contributed by atoms with Crippen LogP contribution in [0.25, 0.3) is 11.1 Å². The number of imidazole rings is 1. The van der Waals surface area contributed by atoms with Crippen LogP contribution in [-0.4, -0.2) is 15.9 Å². The average molecular weight is 311 g/mol. The van der Waals surface area contributed by atoms with Crippen molar-refractivity contribution in [3.8, 4) is 11.1 Å². The van der Waals surface area contributed by atoms with Crippen molar-refractivity contribution in [1.82, 2.24) is 9.66 Å². The Balaban J connectivity index is 1.81. The normalized spacial score (nSPS) is 11.2. The lowest BCUT2D eigenvalue weighted by atomic mass is 10.0. The number of nitrogen functional groups attached to an aromatic ring is 1. The smallest absolute Gasteiger partial charge is 0.221 e. The Hall–Kier alpha value is -2.59. The van der Waals surface area contributed by atoms with Crippen molar-refractivity contribution in [2.75, 3.05) is 5.73 Å². The molecule has 2 aromatic carbocycles. The number of halogens is 1. The number of benzene rings is 2. The van der Waals surface area contributed by atoms with E-state index in [9.17, 15) is 0 Å². The highest BCUT2D eigenvalue weighted by atomic mass is 35.5. The van der Waals surface area contributed by atoms with E-state index in [1.165, 1.54) is 0 Å². The van der Waals surface area contributed by atoms with Gasteiger partial charge in [0, 0.05) is 5.02 Å². The van der Waals surface area contributed by atoms with Gasteiger partial charge in [-0.1, -0.05) is 48.0 Å². The van der Waals surface area contributed by atoms with Gasteiger partial charge in [-0.05, 0) is 35.7 Å². The summed E-state index contributed by atoms with van der Waals surface area (Å²) in [6.07, 6.45) is 3.53. The van der Waals surface area contributed by atoms with E-state index in [1.807, 2.05) is 55.5 Å². The van der Waals surface area contributed by atoms with Crippen molar-refractivity contribution in [1.29, 1.82) is 0 Å². The lowest BCUT2D eigenvalue weighted by Crippen LogP contribution is -1.96. The maximum Gasteiger partial charge on any atom is 0.221 e. The van der Waals surface area contributed by atoms with Crippen LogP contribution in [0.3, 0.4) is 0 Å². The lowest BCUT2D eigenvalue weighted by Gasteiger charge is -2.03. The number of nitrogens with zero attached hydrogens (tertiary/aromatic N) is 3. The fraction of sp³-hybridized carbons (Fsp3) is 0.0588. The van der Waals surface area contributed by atoms with Gasteiger partial charge in [-0.2, -0.15) is 5.10 Å². The van der Waals surface area contributed by atoms with Gasteiger partial charge in [0.15, 0.2) is 0 Å². The number of hydrogen-bond donors (Lipinski definition) is 1. The zero-order valence-electron chi connectivity index (χ0n) is 12.1. The molecule has 0 fully saturated rings. The molecular formula is C17H15ClN4. The molecule has 0 unspecified atom stereocenters. The van der Waals surface area contributed by atoms with Crippen molar-refractivity contribution in [2.45, 2.75) is 6.92 Å². The Morgan fingerprint density at radius 1 is 1.14 bits per heavy atom. The van der Waals surface area contributed by atoms with Gasteiger partial charge in [0.05, 0.1) is 18.1 Å². The Kier molecular flexibility index (Phi) is 3.94. The molecule has 22 heavy (non-hydrogen) atoms. The van der Waals surface area contributed by atoms with Gasteiger partial charge in [0.25, 0.3) is 0 Å². The fourth-order valence-electron chi connectivity index (χ4n) is 2.15. The minimum absolute atomic E-state index is 0.379. The third-order valence-electron chi connectivity index (χ3n) is 3.23. The molecule has 3 rings (SSSR count). The molecule has 2 N–H and O–H groups in total. The summed E-state index contributed by atoms with van der Waals surface area (Å²) in [6.45, 7) is 1.88. The first-order chi connectivity index (χ1) is 10.6. The molecule has 1 aromatic heterocycles. The van der Waals surface area contributed by atoms with Crippen molar-refractivity contribution in [2.24, 2.45) is 5.10 Å². The van der Waals surface area contributed by atoms with Crippen LogP contribution in [-0.2, 0) is 0 Å². The van der Waals surface area contributed by atoms with Gasteiger partial charge in [0.2, 0.25) is 5.95 Å². The fourth-order valence-corrected chi connectivity index (χ4v) is 2.35. The van der Waals surface area contributed by atoms with Gasteiger partial charge in [-0.25, -0.2) is 9.66 Å². The maximum absolute atomic E-state index is 6.02. The van der Waals surface area contributed by atoms with Gasteiger partial charge in [-0.3, -0.25) is 0 Å². The Morgan fingerprint density at radius 3 is 2.55 bits per heavy atom. The summed E-state index contributed by atoms with van der Waals surface area (Å²) in [5.74, 6) is 0.379. The maximum atomic E-state index is 6.02.